The van der Waals surface area contributed by atoms with Crippen molar-refractivity contribution in [3.8, 4) is 0 Å². The molecule has 2 rings (SSSR count). The zero-order valence-electron chi connectivity index (χ0n) is 13.3. The summed E-state index contributed by atoms with van der Waals surface area (Å²) in [4.78, 5) is 12.0. The second kappa shape index (κ2) is 6.48. The standard InChI is InChI=1S/C17H25NO3/c1-5-20-15-11-10-14(12-8-6-7-9-13(12)15)18-16(19)21-17(2,3)4/h6-9,14-15H,5,10-11H2,1-4H3,(H,18,19)/t14-,15-/m0/s1. The van der Waals surface area contributed by atoms with E-state index in [-0.39, 0.29) is 18.2 Å². The molecule has 0 radical (unpaired) electrons. The van der Waals surface area contributed by atoms with Crippen molar-refractivity contribution in [3.05, 3.63) is 35.4 Å². The van der Waals surface area contributed by atoms with Crippen molar-refractivity contribution >= 4 is 6.09 Å². The molecule has 0 unspecified atom stereocenters. The minimum atomic E-state index is -0.480. The van der Waals surface area contributed by atoms with Crippen molar-refractivity contribution in [2.45, 2.75) is 58.3 Å². The first-order chi connectivity index (χ1) is 9.90. The highest BCUT2D eigenvalue weighted by Crippen LogP contribution is 2.38. The molecule has 0 fully saturated rings. The Balaban J connectivity index is 2.12. The van der Waals surface area contributed by atoms with Crippen molar-refractivity contribution < 1.29 is 14.3 Å². The average molecular weight is 291 g/mol. The second-order valence-electron chi connectivity index (χ2n) is 6.35. The maximum atomic E-state index is 12.0. The van der Waals surface area contributed by atoms with E-state index in [1.165, 1.54) is 5.56 Å². The van der Waals surface area contributed by atoms with Gasteiger partial charge in [0, 0.05) is 6.61 Å². The molecule has 0 bridgehead atoms. The molecule has 0 aliphatic heterocycles. The molecule has 4 nitrogen and oxygen atoms in total. The van der Waals surface area contributed by atoms with Crippen LogP contribution < -0.4 is 5.32 Å². The van der Waals surface area contributed by atoms with Crippen LogP contribution in [0.5, 0.6) is 0 Å². The number of ether oxygens (including phenoxy) is 2. The molecule has 1 aromatic carbocycles. The molecule has 0 aromatic heterocycles. The van der Waals surface area contributed by atoms with Crippen LogP contribution >= 0.6 is 0 Å². The maximum Gasteiger partial charge on any atom is 0.408 e. The van der Waals surface area contributed by atoms with Crippen LogP contribution in [0.3, 0.4) is 0 Å². The Morgan fingerprint density at radius 3 is 2.52 bits per heavy atom. The van der Waals surface area contributed by atoms with Gasteiger partial charge in [0.2, 0.25) is 0 Å². The molecule has 4 heteroatoms. The summed E-state index contributed by atoms with van der Waals surface area (Å²) < 4.78 is 11.1. The molecule has 0 heterocycles. The van der Waals surface area contributed by atoms with Crippen LogP contribution in [0.2, 0.25) is 0 Å². The predicted octanol–water partition coefficient (Wildman–Crippen LogP) is 4.12. The first kappa shape index (κ1) is 15.8. The minimum Gasteiger partial charge on any atom is -0.444 e. The Bertz CT molecular complexity index is 493. The van der Waals surface area contributed by atoms with Crippen molar-refractivity contribution in [1.82, 2.24) is 5.32 Å². The first-order valence-corrected chi connectivity index (χ1v) is 7.60. The van der Waals surface area contributed by atoms with Crippen molar-refractivity contribution in [3.63, 3.8) is 0 Å². The number of carbonyl (C=O) groups excluding carboxylic acids is 1. The second-order valence-corrected chi connectivity index (χ2v) is 6.35. The molecular weight excluding hydrogens is 266 g/mol. The largest absolute Gasteiger partial charge is 0.444 e. The van der Waals surface area contributed by atoms with Gasteiger partial charge >= 0.3 is 6.09 Å². The Kier molecular flexibility index (Phi) is 4.88. The van der Waals surface area contributed by atoms with E-state index in [2.05, 4.69) is 17.4 Å². The number of rotatable bonds is 3. The van der Waals surface area contributed by atoms with Crippen LogP contribution in [-0.4, -0.2) is 18.3 Å². The van der Waals surface area contributed by atoms with Crippen molar-refractivity contribution in [2.24, 2.45) is 0 Å². The Labute approximate surface area is 126 Å². The molecule has 1 N–H and O–H groups in total. The summed E-state index contributed by atoms with van der Waals surface area (Å²) in [6, 6.07) is 8.14. The van der Waals surface area contributed by atoms with Crippen LogP contribution in [0.15, 0.2) is 24.3 Å². The van der Waals surface area contributed by atoms with Gasteiger partial charge in [-0.25, -0.2) is 4.79 Å². The fourth-order valence-electron chi connectivity index (χ4n) is 2.72. The van der Waals surface area contributed by atoms with Crippen LogP contribution in [0.4, 0.5) is 4.79 Å². The summed E-state index contributed by atoms with van der Waals surface area (Å²) in [6.07, 6.45) is 1.53. The van der Waals surface area contributed by atoms with E-state index in [0.29, 0.717) is 6.61 Å². The fraction of sp³-hybridized carbons (Fsp3) is 0.588. The monoisotopic (exact) mass is 291 g/mol. The third kappa shape index (κ3) is 4.21. The van der Waals surface area contributed by atoms with Crippen LogP contribution in [0.1, 0.15) is 63.8 Å². The highest BCUT2D eigenvalue weighted by atomic mass is 16.6. The van der Waals surface area contributed by atoms with E-state index in [9.17, 15) is 4.79 Å². The summed E-state index contributed by atoms with van der Waals surface area (Å²) in [6.45, 7) is 8.31. The summed E-state index contributed by atoms with van der Waals surface area (Å²) in [7, 11) is 0. The number of hydrogen-bond acceptors (Lipinski definition) is 3. The molecule has 0 spiro atoms. The molecule has 0 saturated carbocycles. The molecule has 116 valence electrons. The van der Waals surface area contributed by atoms with E-state index in [1.54, 1.807) is 0 Å². The molecule has 1 aliphatic carbocycles. The number of carbonyl (C=O) groups is 1. The lowest BCUT2D eigenvalue weighted by molar-refractivity contribution is 0.0373. The number of amides is 1. The molecule has 21 heavy (non-hydrogen) atoms. The summed E-state index contributed by atoms with van der Waals surface area (Å²) >= 11 is 0. The zero-order valence-corrected chi connectivity index (χ0v) is 13.3. The lowest BCUT2D eigenvalue weighted by Gasteiger charge is -2.32. The van der Waals surface area contributed by atoms with Crippen molar-refractivity contribution in [1.29, 1.82) is 0 Å². The van der Waals surface area contributed by atoms with Gasteiger partial charge in [-0.1, -0.05) is 24.3 Å². The smallest absolute Gasteiger partial charge is 0.408 e. The van der Waals surface area contributed by atoms with Crippen LogP contribution in [0, 0.1) is 0 Å². The summed E-state index contributed by atoms with van der Waals surface area (Å²) in [5.41, 5.74) is 1.83. The van der Waals surface area contributed by atoms with E-state index >= 15 is 0 Å². The highest BCUT2D eigenvalue weighted by molar-refractivity contribution is 5.68. The SMILES string of the molecule is CCO[C@H]1CC[C@H](NC(=O)OC(C)(C)C)c2ccccc21. The lowest BCUT2D eigenvalue weighted by atomic mass is 9.85. The van der Waals surface area contributed by atoms with E-state index in [0.717, 1.165) is 18.4 Å². The van der Waals surface area contributed by atoms with Gasteiger partial charge in [0.1, 0.15) is 5.60 Å². The van der Waals surface area contributed by atoms with Gasteiger partial charge in [-0.2, -0.15) is 0 Å². The third-order valence-corrected chi connectivity index (χ3v) is 3.49. The topological polar surface area (TPSA) is 47.6 Å². The number of hydrogen-bond donors (Lipinski definition) is 1. The van der Waals surface area contributed by atoms with Gasteiger partial charge in [0.05, 0.1) is 12.1 Å². The molecule has 1 aromatic rings. The average Bonchev–Trinajstić information content (AvgIpc) is 2.40. The fourth-order valence-corrected chi connectivity index (χ4v) is 2.72. The zero-order chi connectivity index (χ0) is 15.5. The maximum absolute atomic E-state index is 12.0. The molecule has 0 saturated heterocycles. The molecular formula is C17H25NO3. The van der Waals surface area contributed by atoms with E-state index in [4.69, 9.17) is 9.47 Å². The van der Waals surface area contributed by atoms with Crippen LogP contribution in [0.25, 0.3) is 0 Å². The van der Waals surface area contributed by atoms with Gasteiger partial charge in [0.15, 0.2) is 0 Å². The number of benzene rings is 1. The van der Waals surface area contributed by atoms with E-state index in [1.807, 2.05) is 39.8 Å². The Morgan fingerprint density at radius 1 is 1.24 bits per heavy atom. The number of fused-ring (bicyclic) bond motifs is 1. The summed E-state index contributed by atoms with van der Waals surface area (Å²) in [5, 5.41) is 2.98. The molecule has 1 aliphatic rings. The van der Waals surface area contributed by atoms with Gasteiger partial charge < -0.3 is 14.8 Å². The first-order valence-electron chi connectivity index (χ1n) is 7.60. The van der Waals surface area contributed by atoms with E-state index < -0.39 is 5.60 Å². The number of alkyl carbamates (subject to hydrolysis) is 1. The van der Waals surface area contributed by atoms with Crippen molar-refractivity contribution in [2.75, 3.05) is 6.61 Å². The molecule has 2 atom stereocenters. The minimum absolute atomic E-state index is 0.00671. The Morgan fingerprint density at radius 2 is 1.90 bits per heavy atom. The van der Waals surface area contributed by atoms with Gasteiger partial charge in [-0.15, -0.1) is 0 Å². The summed E-state index contributed by atoms with van der Waals surface area (Å²) in [5.74, 6) is 0. The Hall–Kier alpha value is -1.55. The van der Waals surface area contributed by atoms with Gasteiger partial charge in [-0.05, 0) is 51.7 Å². The highest BCUT2D eigenvalue weighted by Gasteiger charge is 2.29. The third-order valence-electron chi connectivity index (χ3n) is 3.49. The van der Waals surface area contributed by atoms with Crippen LogP contribution in [-0.2, 0) is 9.47 Å². The molecule has 1 amide bonds. The quantitative estimate of drug-likeness (QED) is 0.911. The normalized spacial score (nSPS) is 21.5. The van der Waals surface area contributed by atoms with Gasteiger partial charge in [0.25, 0.3) is 0 Å². The lowest BCUT2D eigenvalue weighted by Crippen LogP contribution is -2.36. The number of nitrogens with one attached hydrogen (secondary N) is 1. The van der Waals surface area contributed by atoms with Gasteiger partial charge in [-0.3, -0.25) is 0 Å². The predicted molar refractivity (Wildman–Crippen MR) is 82.2 cm³/mol.